The van der Waals surface area contributed by atoms with Crippen molar-refractivity contribution in [3.63, 3.8) is 0 Å². The average molecular weight is 456 g/mol. The molecule has 0 heterocycles. The summed E-state index contributed by atoms with van der Waals surface area (Å²) in [7, 11) is -4.84. The van der Waals surface area contributed by atoms with E-state index in [2.05, 4.69) is 10.0 Å². The Morgan fingerprint density at radius 3 is 2.12 bits per heavy atom. The van der Waals surface area contributed by atoms with Crippen LogP contribution in [0.4, 0.5) is 0 Å². The molecule has 32 heavy (non-hydrogen) atoms. The van der Waals surface area contributed by atoms with Gasteiger partial charge in [-0.15, -0.1) is 9.35 Å². The monoisotopic (exact) mass is 455 g/mol. The van der Waals surface area contributed by atoms with Gasteiger partial charge in [0.15, 0.2) is 5.78 Å². The molecule has 0 aliphatic carbocycles. The summed E-state index contributed by atoms with van der Waals surface area (Å²) < 4.78 is 26.8. The molecule has 0 spiro atoms. The number of azide groups is 1. The zero-order valence-electron chi connectivity index (χ0n) is 18.2. The highest BCUT2D eigenvalue weighted by Crippen LogP contribution is 2.46. The molecular formula is C24H29N3O4S. The Hall–Kier alpha value is -3.06. The van der Waals surface area contributed by atoms with E-state index in [1.807, 2.05) is 0 Å². The van der Waals surface area contributed by atoms with Crippen LogP contribution in [0.5, 0.6) is 0 Å². The van der Waals surface area contributed by atoms with E-state index < -0.39 is 14.6 Å². The lowest BCUT2D eigenvalue weighted by Gasteiger charge is -2.49. The molecule has 0 radical (unpaired) electrons. The van der Waals surface area contributed by atoms with Gasteiger partial charge in [-0.1, -0.05) is 53.7 Å². The lowest BCUT2D eigenvalue weighted by atomic mass is 10.1. The van der Waals surface area contributed by atoms with E-state index in [-0.39, 0.29) is 47.2 Å². The molecule has 7 nitrogen and oxygen atoms in total. The number of hydrogen-bond acceptors (Lipinski definition) is 4. The van der Waals surface area contributed by atoms with Gasteiger partial charge in [0.05, 0.1) is 9.79 Å². The van der Waals surface area contributed by atoms with Gasteiger partial charge in [-0.3, -0.25) is 14.1 Å². The van der Waals surface area contributed by atoms with Gasteiger partial charge in [0.1, 0.15) is 11.0 Å². The summed E-state index contributed by atoms with van der Waals surface area (Å²) in [6.45, 7) is 1.62. The maximum absolute atomic E-state index is 14.7. The molecule has 0 aliphatic heterocycles. The quantitative estimate of drug-likeness (QED) is 0.136. The van der Waals surface area contributed by atoms with Crippen molar-refractivity contribution in [3.05, 3.63) is 83.3 Å². The minimum absolute atomic E-state index is 0.0234. The van der Waals surface area contributed by atoms with Crippen molar-refractivity contribution in [2.45, 2.75) is 54.1 Å². The third kappa shape index (κ3) is 6.01. The highest BCUT2D eigenvalue weighted by molar-refractivity contribution is 8.16. The van der Waals surface area contributed by atoms with Gasteiger partial charge in [-0.25, -0.2) is 0 Å². The number of allylic oxidation sites excluding steroid dienone is 2. The number of carbonyl (C=O) groups is 2. The summed E-state index contributed by atoms with van der Waals surface area (Å²) in [6.07, 6.45) is 4.57. The zero-order chi connectivity index (χ0) is 23.5. The third-order valence-corrected chi connectivity index (χ3v) is 9.12. The fourth-order valence-corrected chi connectivity index (χ4v) is 7.11. The van der Waals surface area contributed by atoms with Crippen molar-refractivity contribution < 1.29 is 18.4 Å². The van der Waals surface area contributed by atoms with Gasteiger partial charge in [0.2, 0.25) is 0 Å². The van der Waals surface area contributed by atoms with Crippen molar-refractivity contribution in [3.8, 4) is 0 Å². The van der Waals surface area contributed by atoms with Crippen LogP contribution < -0.4 is 0 Å². The van der Waals surface area contributed by atoms with Gasteiger partial charge in [0.25, 0.3) is 0 Å². The number of rotatable bonds is 13. The normalized spacial score (nSPS) is 13.6. The molecule has 0 aliphatic rings. The minimum atomic E-state index is -4.84. The SMILES string of the molecule is CC(=O)CC=CCCC(=O)C(CCCN=[N+]=[N-])S(=O)(O)(c1ccccc1)c1ccccc1. The second kappa shape index (κ2) is 11.5. The topological polar surface area (TPSA) is 120 Å². The van der Waals surface area contributed by atoms with Gasteiger partial charge in [-0.2, -0.15) is 4.21 Å². The predicted molar refractivity (Wildman–Crippen MR) is 126 cm³/mol. The number of carbonyl (C=O) groups excluding carboxylic acids is 2. The molecule has 8 heteroatoms. The maximum atomic E-state index is 14.7. The van der Waals surface area contributed by atoms with E-state index in [0.29, 0.717) is 12.8 Å². The molecule has 2 rings (SSSR count). The van der Waals surface area contributed by atoms with E-state index in [1.165, 1.54) is 6.92 Å². The summed E-state index contributed by atoms with van der Waals surface area (Å²) in [5.41, 5.74) is 8.57. The minimum Gasteiger partial charge on any atom is -0.300 e. The Bertz CT molecular complexity index is 1020. The molecule has 0 bridgehead atoms. The number of nitrogens with zero attached hydrogens (tertiary/aromatic N) is 3. The lowest BCUT2D eigenvalue weighted by molar-refractivity contribution is -0.119. The van der Waals surface area contributed by atoms with Gasteiger partial charge in [-0.05, 0) is 56.0 Å². The second-order valence-electron chi connectivity index (χ2n) is 7.56. The van der Waals surface area contributed by atoms with Gasteiger partial charge in [0, 0.05) is 24.3 Å². The summed E-state index contributed by atoms with van der Waals surface area (Å²) in [6, 6.07) is 16.5. The molecule has 1 atom stereocenters. The van der Waals surface area contributed by atoms with Crippen molar-refractivity contribution in [2.24, 2.45) is 5.11 Å². The number of benzene rings is 2. The number of ketones is 2. The van der Waals surface area contributed by atoms with Crippen LogP contribution >= 0.6 is 0 Å². The molecule has 0 fully saturated rings. The summed E-state index contributed by atoms with van der Waals surface area (Å²) in [5, 5.41) is 2.31. The Morgan fingerprint density at radius 1 is 1.06 bits per heavy atom. The number of Topliss-reactive ketones (excluding diaryl/α,β-unsaturated/α-hetero) is 2. The fraction of sp³-hybridized carbons (Fsp3) is 0.333. The first-order valence-corrected chi connectivity index (χ1v) is 12.5. The third-order valence-electron chi connectivity index (χ3n) is 5.20. The summed E-state index contributed by atoms with van der Waals surface area (Å²) in [5.74, 6) is -0.319. The molecular weight excluding hydrogens is 426 g/mol. The molecule has 0 amide bonds. The summed E-state index contributed by atoms with van der Waals surface area (Å²) in [4.78, 5) is 27.6. The van der Waals surface area contributed by atoms with Crippen molar-refractivity contribution in [1.29, 1.82) is 0 Å². The number of hydrogen-bond donors (Lipinski definition) is 1. The van der Waals surface area contributed by atoms with E-state index in [4.69, 9.17) is 5.53 Å². The molecule has 1 N–H and O–H groups in total. The van der Waals surface area contributed by atoms with Crippen LogP contribution in [-0.4, -0.2) is 32.1 Å². The van der Waals surface area contributed by atoms with E-state index in [0.717, 1.165) is 0 Å². The molecule has 2 aromatic rings. The summed E-state index contributed by atoms with van der Waals surface area (Å²) >= 11 is 0. The molecule has 0 saturated heterocycles. The van der Waals surface area contributed by atoms with E-state index in [1.54, 1.807) is 72.8 Å². The second-order valence-corrected chi connectivity index (χ2v) is 11.0. The highest BCUT2D eigenvalue weighted by Gasteiger charge is 2.44. The molecule has 0 aromatic heterocycles. The Morgan fingerprint density at radius 2 is 1.62 bits per heavy atom. The maximum Gasteiger partial charge on any atom is 0.155 e. The standard InChI is InChI=1S/C24H29N3O4S/c1-20(28)12-5-2-10-17-23(29)24(18-11-19-26-27-25)32(30,31,21-13-6-3-7-14-21)22-15-8-4-9-16-22/h2-9,13-16,24H,10-12,17-19H2,1H3,(H,30,31). The Labute approximate surface area is 188 Å². The van der Waals surface area contributed by atoms with Gasteiger partial charge < -0.3 is 0 Å². The average Bonchev–Trinajstić information content (AvgIpc) is 2.79. The van der Waals surface area contributed by atoms with Crippen LogP contribution in [0.25, 0.3) is 10.4 Å². The Balaban J connectivity index is 2.49. The van der Waals surface area contributed by atoms with Crippen LogP contribution in [0.1, 0.15) is 39.0 Å². The molecule has 170 valence electrons. The van der Waals surface area contributed by atoms with E-state index in [9.17, 15) is 18.4 Å². The fourth-order valence-electron chi connectivity index (χ4n) is 3.60. The van der Waals surface area contributed by atoms with Crippen molar-refractivity contribution in [2.75, 3.05) is 6.54 Å². The van der Waals surface area contributed by atoms with E-state index >= 15 is 0 Å². The first-order valence-electron chi connectivity index (χ1n) is 10.5. The molecule has 2 aromatic carbocycles. The smallest absolute Gasteiger partial charge is 0.155 e. The van der Waals surface area contributed by atoms with Crippen LogP contribution in [-0.2, 0) is 18.9 Å². The largest absolute Gasteiger partial charge is 0.300 e. The predicted octanol–water partition coefficient (Wildman–Crippen LogP) is 5.74. The van der Waals surface area contributed by atoms with Crippen molar-refractivity contribution in [1.82, 2.24) is 0 Å². The van der Waals surface area contributed by atoms with Gasteiger partial charge >= 0.3 is 0 Å². The van der Waals surface area contributed by atoms with Crippen LogP contribution in [0, 0.1) is 0 Å². The molecule has 1 unspecified atom stereocenters. The molecule has 0 saturated carbocycles. The van der Waals surface area contributed by atoms with Crippen LogP contribution in [0.2, 0.25) is 0 Å². The van der Waals surface area contributed by atoms with Crippen LogP contribution in [0.15, 0.2) is 87.7 Å². The Kier molecular flexibility index (Phi) is 9.08. The first kappa shape index (κ1) is 25.2. The zero-order valence-corrected chi connectivity index (χ0v) is 19.0. The lowest BCUT2D eigenvalue weighted by Crippen LogP contribution is -2.49. The van der Waals surface area contributed by atoms with Crippen molar-refractivity contribution >= 4 is 20.9 Å². The van der Waals surface area contributed by atoms with Crippen LogP contribution in [0.3, 0.4) is 0 Å². The first-order chi connectivity index (χ1) is 15.3. The highest BCUT2D eigenvalue weighted by atomic mass is 32.3.